The summed E-state index contributed by atoms with van der Waals surface area (Å²) in [6.45, 7) is 3.54. The number of piperidine rings is 1. The number of rotatable bonds is 7. The van der Waals surface area contributed by atoms with Crippen LogP contribution in [-0.2, 0) is 14.8 Å². The predicted molar refractivity (Wildman–Crippen MR) is 126 cm³/mol. The molecule has 4 rings (SSSR count). The van der Waals surface area contributed by atoms with Crippen LogP contribution in [0.5, 0.6) is 0 Å². The summed E-state index contributed by atoms with van der Waals surface area (Å²) in [6.07, 6.45) is 1.70. The predicted octanol–water partition coefficient (Wildman–Crippen LogP) is 3.55. The maximum absolute atomic E-state index is 13.2. The number of hydrogen-bond acceptors (Lipinski definition) is 6. The number of fused-ring (bicyclic) bond motifs is 1. The van der Waals surface area contributed by atoms with Crippen LogP contribution in [0.3, 0.4) is 0 Å². The lowest BCUT2D eigenvalue weighted by Gasteiger charge is -2.31. The van der Waals surface area contributed by atoms with E-state index in [0.29, 0.717) is 24.6 Å². The quantitative estimate of drug-likeness (QED) is 0.530. The maximum atomic E-state index is 13.2. The Balaban J connectivity index is 1.45. The minimum Gasteiger partial charge on any atom is -0.383 e. The number of aromatic nitrogens is 1. The molecule has 2 heterocycles. The third-order valence-electron chi connectivity index (χ3n) is 5.79. The van der Waals surface area contributed by atoms with Crippen molar-refractivity contribution in [2.45, 2.75) is 30.6 Å². The number of nitrogens with one attached hydrogen (secondary N) is 1. The largest absolute Gasteiger partial charge is 0.383 e. The molecular formula is C23H27N3O4S2. The minimum absolute atomic E-state index is 0.0897. The molecule has 0 radical (unpaired) electrons. The molecule has 1 aliphatic heterocycles. The van der Waals surface area contributed by atoms with Gasteiger partial charge in [0.25, 0.3) is 5.91 Å². The summed E-state index contributed by atoms with van der Waals surface area (Å²) in [4.78, 5) is 19.9. The summed E-state index contributed by atoms with van der Waals surface area (Å²) in [5, 5.41) is 1.13. The van der Waals surface area contributed by atoms with Crippen molar-refractivity contribution in [1.29, 1.82) is 0 Å². The lowest BCUT2D eigenvalue weighted by molar-refractivity contribution is 0.0712. The fourth-order valence-corrected chi connectivity index (χ4v) is 6.10. The highest BCUT2D eigenvalue weighted by Crippen LogP contribution is 2.34. The second-order valence-corrected chi connectivity index (χ2v) is 10.8. The Bertz CT molecular complexity index is 1180. The SMILES string of the molecule is COCCNS(=O)(=O)c1ccc(C)c(C(=O)N2CCC(c3nc4ccccc4s3)CC2)c1. The molecule has 0 aliphatic carbocycles. The van der Waals surface area contributed by atoms with Crippen molar-refractivity contribution in [3.63, 3.8) is 0 Å². The highest BCUT2D eigenvalue weighted by Gasteiger charge is 2.28. The summed E-state index contributed by atoms with van der Waals surface area (Å²) in [5.41, 5.74) is 2.22. The zero-order chi connectivity index (χ0) is 22.7. The van der Waals surface area contributed by atoms with Gasteiger partial charge in [-0.3, -0.25) is 4.79 Å². The van der Waals surface area contributed by atoms with E-state index in [1.54, 1.807) is 17.4 Å². The number of methoxy groups -OCH3 is 1. The van der Waals surface area contributed by atoms with Crippen LogP contribution in [0.2, 0.25) is 0 Å². The average molecular weight is 474 g/mol. The monoisotopic (exact) mass is 473 g/mol. The zero-order valence-electron chi connectivity index (χ0n) is 18.2. The number of sulfonamides is 1. The summed E-state index contributed by atoms with van der Waals surface area (Å²) >= 11 is 1.73. The number of amides is 1. The van der Waals surface area contributed by atoms with Crippen molar-refractivity contribution in [2.75, 3.05) is 33.4 Å². The van der Waals surface area contributed by atoms with E-state index in [0.717, 1.165) is 28.9 Å². The second kappa shape index (κ2) is 9.66. The number of hydrogen-bond donors (Lipinski definition) is 1. The normalized spacial score (nSPS) is 15.4. The number of carbonyl (C=O) groups excluding carboxylic acids is 1. The molecule has 0 spiro atoms. The molecule has 9 heteroatoms. The fraction of sp³-hybridized carbons (Fsp3) is 0.391. The van der Waals surface area contributed by atoms with Crippen LogP contribution in [0, 0.1) is 6.92 Å². The van der Waals surface area contributed by atoms with Gasteiger partial charge in [0.05, 0.1) is 26.7 Å². The Morgan fingerprint density at radius 3 is 2.69 bits per heavy atom. The van der Waals surface area contributed by atoms with E-state index >= 15 is 0 Å². The number of likely N-dealkylation sites (tertiary alicyclic amines) is 1. The molecule has 0 unspecified atom stereocenters. The lowest BCUT2D eigenvalue weighted by atomic mass is 9.96. The van der Waals surface area contributed by atoms with Crippen molar-refractivity contribution < 1.29 is 17.9 Å². The van der Waals surface area contributed by atoms with Gasteiger partial charge in [-0.05, 0) is 49.6 Å². The van der Waals surface area contributed by atoms with E-state index in [2.05, 4.69) is 10.8 Å². The van der Waals surface area contributed by atoms with Gasteiger partial charge in [0.1, 0.15) is 0 Å². The first-order chi connectivity index (χ1) is 15.4. The Kier molecular flexibility index (Phi) is 6.90. The van der Waals surface area contributed by atoms with Crippen molar-refractivity contribution >= 4 is 37.5 Å². The highest BCUT2D eigenvalue weighted by molar-refractivity contribution is 7.89. The number of ether oxygens (including phenoxy) is 1. The van der Waals surface area contributed by atoms with Gasteiger partial charge in [-0.1, -0.05) is 18.2 Å². The number of thiazole rings is 1. The molecule has 0 atom stereocenters. The molecule has 2 aromatic carbocycles. The molecule has 1 amide bonds. The number of aryl methyl sites for hydroxylation is 1. The Labute approximate surface area is 192 Å². The lowest BCUT2D eigenvalue weighted by Crippen LogP contribution is -2.38. The molecule has 1 fully saturated rings. The standard InChI is InChI=1S/C23H27N3O4S2/c1-16-7-8-18(32(28,29)24-11-14-30-2)15-19(16)23(27)26-12-9-17(10-13-26)22-25-20-5-3-4-6-21(20)31-22/h3-8,15,17,24H,9-14H2,1-2H3. The van der Waals surface area contributed by atoms with Gasteiger partial charge >= 0.3 is 0 Å². The summed E-state index contributed by atoms with van der Waals surface area (Å²) < 4.78 is 33.7. The van der Waals surface area contributed by atoms with Gasteiger partial charge in [-0.15, -0.1) is 11.3 Å². The molecule has 1 saturated heterocycles. The summed E-state index contributed by atoms with van der Waals surface area (Å²) in [6, 6.07) is 12.8. The molecule has 1 aromatic heterocycles. The van der Waals surface area contributed by atoms with E-state index in [4.69, 9.17) is 9.72 Å². The molecule has 7 nitrogen and oxygen atoms in total. The van der Waals surface area contributed by atoms with Crippen LogP contribution >= 0.6 is 11.3 Å². The maximum Gasteiger partial charge on any atom is 0.254 e. The highest BCUT2D eigenvalue weighted by atomic mass is 32.2. The first kappa shape index (κ1) is 22.8. The van der Waals surface area contributed by atoms with Crippen LogP contribution < -0.4 is 4.72 Å². The molecular weight excluding hydrogens is 446 g/mol. The van der Waals surface area contributed by atoms with E-state index in [-0.39, 0.29) is 24.0 Å². The first-order valence-corrected chi connectivity index (χ1v) is 12.9. The van der Waals surface area contributed by atoms with Crippen LogP contribution in [0.25, 0.3) is 10.2 Å². The zero-order valence-corrected chi connectivity index (χ0v) is 19.8. The van der Waals surface area contributed by atoms with Crippen molar-refractivity contribution in [3.05, 3.63) is 58.6 Å². The van der Waals surface area contributed by atoms with E-state index < -0.39 is 10.0 Å². The number of nitrogens with zero attached hydrogens (tertiary/aromatic N) is 2. The van der Waals surface area contributed by atoms with Crippen LogP contribution in [0.1, 0.15) is 39.7 Å². The van der Waals surface area contributed by atoms with Gasteiger partial charge in [0.2, 0.25) is 10.0 Å². The van der Waals surface area contributed by atoms with Gasteiger partial charge in [0, 0.05) is 38.2 Å². The third kappa shape index (κ3) is 4.85. The molecule has 0 saturated carbocycles. The molecule has 1 aliphatic rings. The number of benzene rings is 2. The van der Waals surface area contributed by atoms with E-state index in [1.165, 1.54) is 23.9 Å². The van der Waals surface area contributed by atoms with Crippen LogP contribution in [-0.4, -0.2) is 57.6 Å². The third-order valence-corrected chi connectivity index (χ3v) is 8.45. The molecule has 32 heavy (non-hydrogen) atoms. The van der Waals surface area contributed by atoms with Gasteiger partial charge in [0.15, 0.2) is 0 Å². The molecule has 1 N–H and O–H groups in total. The minimum atomic E-state index is -3.70. The second-order valence-electron chi connectivity index (χ2n) is 7.95. The summed E-state index contributed by atoms with van der Waals surface area (Å²) in [5.74, 6) is 0.216. The number of para-hydroxylation sites is 1. The number of carbonyl (C=O) groups is 1. The van der Waals surface area contributed by atoms with Gasteiger partial charge in [-0.2, -0.15) is 0 Å². The topological polar surface area (TPSA) is 88.6 Å². The van der Waals surface area contributed by atoms with E-state index in [1.807, 2.05) is 30.0 Å². The Morgan fingerprint density at radius 1 is 1.22 bits per heavy atom. The van der Waals surface area contributed by atoms with Gasteiger partial charge in [-0.25, -0.2) is 18.1 Å². The fourth-order valence-electron chi connectivity index (χ4n) is 3.92. The van der Waals surface area contributed by atoms with Crippen molar-refractivity contribution in [3.8, 4) is 0 Å². The smallest absolute Gasteiger partial charge is 0.254 e. The van der Waals surface area contributed by atoms with Crippen molar-refractivity contribution in [2.24, 2.45) is 0 Å². The van der Waals surface area contributed by atoms with E-state index in [9.17, 15) is 13.2 Å². The molecule has 170 valence electrons. The Hall–Kier alpha value is -2.33. The van der Waals surface area contributed by atoms with Crippen LogP contribution in [0.15, 0.2) is 47.4 Å². The Morgan fingerprint density at radius 2 is 1.97 bits per heavy atom. The first-order valence-electron chi connectivity index (χ1n) is 10.6. The van der Waals surface area contributed by atoms with Crippen molar-refractivity contribution in [1.82, 2.24) is 14.6 Å². The average Bonchev–Trinajstić information content (AvgIpc) is 3.23. The summed E-state index contributed by atoms with van der Waals surface area (Å²) in [7, 11) is -2.19. The molecule has 0 bridgehead atoms. The van der Waals surface area contributed by atoms with Crippen LogP contribution in [0.4, 0.5) is 0 Å². The molecule has 3 aromatic rings. The van der Waals surface area contributed by atoms with Gasteiger partial charge < -0.3 is 9.64 Å².